The molecule has 1 N–H and O–H groups in total. The van der Waals surface area contributed by atoms with E-state index in [1.165, 1.54) is 16.8 Å². The lowest BCUT2D eigenvalue weighted by atomic mass is 10.1. The van der Waals surface area contributed by atoms with Gasteiger partial charge in [-0.25, -0.2) is 9.07 Å². The molecule has 0 saturated heterocycles. The van der Waals surface area contributed by atoms with E-state index in [0.29, 0.717) is 17.9 Å². The van der Waals surface area contributed by atoms with Crippen molar-refractivity contribution in [1.29, 1.82) is 0 Å². The van der Waals surface area contributed by atoms with Crippen molar-refractivity contribution >= 4 is 5.91 Å². The maximum absolute atomic E-state index is 13.1. The van der Waals surface area contributed by atoms with Gasteiger partial charge in [0.2, 0.25) is 0 Å². The van der Waals surface area contributed by atoms with E-state index in [0.717, 1.165) is 18.8 Å². The van der Waals surface area contributed by atoms with Gasteiger partial charge >= 0.3 is 0 Å². The van der Waals surface area contributed by atoms with Gasteiger partial charge in [-0.2, -0.15) is 0 Å². The zero-order chi connectivity index (χ0) is 20.1. The number of carbonyl (C=O) groups is 1. The van der Waals surface area contributed by atoms with Crippen LogP contribution in [0.25, 0.3) is 5.69 Å². The summed E-state index contributed by atoms with van der Waals surface area (Å²) >= 11 is 0. The molecule has 0 fully saturated rings. The molecule has 0 spiro atoms. The molecule has 0 aliphatic rings. The maximum atomic E-state index is 13.1. The van der Waals surface area contributed by atoms with Gasteiger partial charge in [0.25, 0.3) is 5.91 Å². The molecular formula is C20H24FN5O2. The number of hydrogen-bond donors (Lipinski definition) is 1. The number of aromatic nitrogens is 3. The Morgan fingerprint density at radius 3 is 2.57 bits per heavy atom. The van der Waals surface area contributed by atoms with Crippen LogP contribution in [0.3, 0.4) is 0 Å². The number of rotatable bonds is 8. The van der Waals surface area contributed by atoms with Crippen LogP contribution in [0, 0.1) is 12.7 Å². The van der Waals surface area contributed by atoms with Gasteiger partial charge in [0, 0.05) is 6.54 Å². The van der Waals surface area contributed by atoms with Gasteiger partial charge in [-0.05, 0) is 56.4 Å². The third kappa shape index (κ3) is 4.12. The van der Waals surface area contributed by atoms with Crippen LogP contribution in [0.15, 0.2) is 47.1 Å². The van der Waals surface area contributed by atoms with Crippen LogP contribution < -0.4 is 5.32 Å². The van der Waals surface area contributed by atoms with Crippen LogP contribution in [-0.2, 0) is 0 Å². The van der Waals surface area contributed by atoms with Crippen molar-refractivity contribution in [2.75, 3.05) is 19.6 Å². The number of halogens is 1. The Balaban J connectivity index is 1.74. The molecule has 7 nitrogen and oxygen atoms in total. The Labute approximate surface area is 163 Å². The number of nitrogens with one attached hydrogen (secondary N) is 1. The molecule has 1 amide bonds. The van der Waals surface area contributed by atoms with Crippen molar-refractivity contribution in [2.24, 2.45) is 0 Å². The second-order valence-electron chi connectivity index (χ2n) is 6.37. The fourth-order valence-corrected chi connectivity index (χ4v) is 3.19. The smallest absolute Gasteiger partial charge is 0.273 e. The Bertz CT molecular complexity index is 901. The average molecular weight is 385 g/mol. The molecule has 0 bridgehead atoms. The second-order valence-corrected chi connectivity index (χ2v) is 6.37. The lowest BCUT2D eigenvalue weighted by Gasteiger charge is -2.28. The van der Waals surface area contributed by atoms with Gasteiger partial charge in [0.15, 0.2) is 5.69 Å². The summed E-state index contributed by atoms with van der Waals surface area (Å²) in [6.07, 6.45) is 1.63. The van der Waals surface area contributed by atoms with E-state index in [-0.39, 0.29) is 23.5 Å². The van der Waals surface area contributed by atoms with Crippen LogP contribution in [0.4, 0.5) is 4.39 Å². The summed E-state index contributed by atoms with van der Waals surface area (Å²) in [6.45, 7) is 7.94. The summed E-state index contributed by atoms with van der Waals surface area (Å²) < 4.78 is 20.2. The van der Waals surface area contributed by atoms with E-state index in [1.54, 1.807) is 25.3 Å². The first-order chi connectivity index (χ1) is 13.5. The lowest BCUT2D eigenvalue weighted by molar-refractivity contribution is 0.0924. The molecule has 0 aliphatic heterocycles. The lowest BCUT2D eigenvalue weighted by Crippen LogP contribution is -2.38. The van der Waals surface area contributed by atoms with E-state index < -0.39 is 0 Å². The highest BCUT2D eigenvalue weighted by Gasteiger charge is 2.23. The first-order valence-corrected chi connectivity index (χ1v) is 9.29. The zero-order valence-electron chi connectivity index (χ0n) is 16.2. The first-order valence-electron chi connectivity index (χ1n) is 9.29. The molecule has 0 aliphatic carbocycles. The molecule has 3 aromatic rings. The predicted molar refractivity (Wildman–Crippen MR) is 103 cm³/mol. The molecule has 2 aromatic heterocycles. The molecule has 0 saturated carbocycles. The maximum Gasteiger partial charge on any atom is 0.273 e. The average Bonchev–Trinajstić information content (AvgIpc) is 3.36. The van der Waals surface area contributed by atoms with Crippen molar-refractivity contribution in [3.8, 4) is 5.69 Å². The van der Waals surface area contributed by atoms with Gasteiger partial charge in [0.1, 0.15) is 11.6 Å². The van der Waals surface area contributed by atoms with Crippen molar-refractivity contribution in [3.63, 3.8) is 0 Å². The normalized spacial score (nSPS) is 12.3. The molecular weight excluding hydrogens is 361 g/mol. The fourth-order valence-electron chi connectivity index (χ4n) is 3.19. The monoisotopic (exact) mass is 385 g/mol. The van der Waals surface area contributed by atoms with E-state index in [9.17, 15) is 9.18 Å². The van der Waals surface area contributed by atoms with Crippen LogP contribution in [-0.4, -0.2) is 45.4 Å². The second kappa shape index (κ2) is 8.79. The van der Waals surface area contributed by atoms with E-state index >= 15 is 0 Å². The highest BCUT2D eigenvalue weighted by Crippen LogP contribution is 2.20. The van der Waals surface area contributed by atoms with E-state index in [1.807, 2.05) is 12.1 Å². The SMILES string of the molecule is CCN(CC)C(CNC(=O)c1nnn(-c2ccc(F)cc2)c1C)c1ccco1. The number of carbonyl (C=O) groups excluding carboxylic acids is 1. The third-order valence-corrected chi connectivity index (χ3v) is 4.76. The summed E-state index contributed by atoms with van der Waals surface area (Å²) in [7, 11) is 0. The summed E-state index contributed by atoms with van der Waals surface area (Å²) in [5.74, 6) is 0.158. The Hall–Kier alpha value is -3.00. The summed E-state index contributed by atoms with van der Waals surface area (Å²) in [5.41, 5.74) is 1.46. The Morgan fingerprint density at radius 1 is 1.25 bits per heavy atom. The van der Waals surface area contributed by atoms with Crippen molar-refractivity contribution in [1.82, 2.24) is 25.2 Å². The summed E-state index contributed by atoms with van der Waals surface area (Å²) in [5, 5.41) is 11.0. The molecule has 8 heteroatoms. The summed E-state index contributed by atoms with van der Waals surface area (Å²) in [4.78, 5) is 14.9. The molecule has 1 unspecified atom stereocenters. The molecule has 2 heterocycles. The van der Waals surface area contributed by atoms with Crippen molar-refractivity contribution in [3.05, 3.63) is 65.6 Å². The molecule has 1 atom stereocenters. The number of hydrogen-bond acceptors (Lipinski definition) is 5. The van der Waals surface area contributed by atoms with Gasteiger partial charge < -0.3 is 9.73 Å². The molecule has 28 heavy (non-hydrogen) atoms. The number of benzene rings is 1. The number of amides is 1. The zero-order valence-corrected chi connectivity index (χ0v) is 16.2. The number of nitrogens with zero attached hydrogens (tertiary/aromatic N) is 4. The molecule has 1 aromatic carbocycles. The Morgan fingerprint density at radius 2 is 1.96 bits per heavy atom. The molecule has 0 radical (unpaired) electrons. The highest BCUT2D eigenvalue weighted by atomic mass is 19.1. The van der Waals surface area contributed by atoms with Gasteiger partial charge in [0.05, 0.1) is 23.7 Å². The molecule has 3 rings (SSSR count). The van der Waals surface area contributed by atoms with Gasteiger partial charge in [-0.15, -0.1) is 5.10 Å². The van der Waals surface area contributed by atoms with Crippen LogP contribution in [0.2, 0.25) is 0 Å². The number of likely N-dealkylation sites (N-methyl/N-ethyl adjacent to an activating group) is 1. The van der Waals surface area contributed by atoms with Crippen LogP contribution in [0.5, 0.6) is 0 Å². The Kier molecular flexibility index (Phi) is 6.20. The highest BCUT2D eigenvalue weighted by molar-refractivity contribution is 5.93. The van der Waals surface area contributed by atoms with E-state index in [2.05, 4.69) is 34.4 Å². The largest absolute Gasteiger partial charge is 0.468 e. The third-order valence-electron chi connectivity index (χ3n) is 4.76. The first kappa shape index (κ1) is 19.8. The minimum atomic E-state index is -0.333. The fraction of sp³-hybridized carbons (Fsp3) is 0.350. The number of furan rings is 1. The minimum absolute atomic E-state index is 0.0681. The molecule has 148 valence electrons. The topological polar surface area (TPSA) is 76.2 Å². The standard InChI is InChI=1S/C20H24FN5O2/c1-4-25(5-2)17(18-7-6-12-28-18)13-22-20(27)19-14(3)26(24-23-19)16-10-8-15(21)9-11-16/h6-12,17H,4-5,13H2,1-3H3,(H,22,27). The van der Waals surface area contributed by atoms with Crippen molar-refractivity contribution in [2.45, 2.75) is 26.8 Å². The van der Waals surface area contributed by atoms with E-state index in [4.69, 9.17) is 4.42 Å². The quantitative estimate of drug-likeness (QED) is 0.645. The summed E-state index contributed by atoms with van der Waals surface area (Å²) in [6, 6.07) is 9.54. The van der Waals surface area contributed by atoms with Crippen LogP contribution in [0.1, 0.15) is 41.8 Å². The van der Waals surface area contributed by atoms with Gasteiger partial charge in [-0.3, -0.25) is 9.69 Å². The van der Waals surface area contributed by atoms with Gasteiger partial charge in [-0.1, -0.05) is 19.1 Å². The van der Waals surface area contributed by atoms with Crippen molar-refractivity contribution < 1.29 is 13.6 Å². The minimum Gasteiger partial charge on any atom is -0.468 e. The predicted octanol–water partition coefficient (Wildman–Crippen LogP) is 3.12. The van der Waals surface area contributed by atoms with Crippen LogP contribution >= 0.6 is 0 Å².